The normalized spacial score (nSPS) is 18.4. The second-order valence-electron chi connectivity index (χ2n) is 5.68. The van der Waals surface area contributed by atoms with Crippen LogP contribution in [0.3, 0.4) is 0 Å². The van der Waals surface area contributed by atoms with Crippen LogP contribution in [-0.4, -0.2) is 12.5 Å². The van der Waals surface area contributed by atoms with E-state index in [1.54, 1.807) is 6.07 Å². The van der Waals surface area contributed by atoms with Crippen LogP contribution in [0.1, 0.15) is 37.4 Å². The van der Waals surface area contributed by atoms with E-state index in [9.17, 15) is 4.79 Å². The number of amides is 1. The van der Waals surface area contributed by atoms with Gasteiger partial charge in [-0.3, -0.25) is 4.79 Å². The van der Waals surface area contributed by atoms with Crippen LogP contribution in [0.2, 0.25) is 10.0 Å². The van der Waals surface area contributed by atoms with E-state index < -0.39 is 5.41 Å². The summed E-state index contributed by atoms with van der Waals surface area (Å²) in [6.45, 7) is 4.21. The first-order valence-electron chi connectivity index (χ1n) is 6.32. The van der Waals surface area contributed by atoms with Crippen LogP contribution < -0.4 is 11.1 Å². The van der Waals surface area contributed by atoms with Gasteiger partial charge in [-0.15, -0.1) is 0 Å². The molecular formula is C14H18Cl2N2O. The summed E-state index contributed by atoms with van der Waals surface area (Å²) < 4.78 is 0. The molecular weight excluding hydrogens is 283 g/mol. The number of rotatable bonds is 4. The van der Waals surface area contributed by atoms with E-state index in [2.05, 4.69) is 5.32 Å². The number of carbonyl (C=O) groups excluding carboxylic acids is 1. The molecule has 0 bridgehead atoms. The summed E-state index contributed by atoms with van der Waals surface area (Å²) >= 11 is 12.2. The van der Waals surface area contributed by atoms with Crippen molar-refractivity contribution in [2.24, 2.45) is 11.1 Å². The molecule has 0 saturated carbocycles. The number of nitrogens with one attached hydrogen (secondary N) is 1. The molecule has 0 fully saturated rings. The van der Waals surface area contributed by atoms with Crippen molar-refractivity contribution >= 4 is 29.1 Å². The van der Waals surface area contributed by atoms with Gasteiger partial charge in [-0.05, 0) is 49.9 Å². The van der Waals surface area contributed by atoms with Crippen LogP contribution in [0.15, 0.2) is 12.1 Å². The first kappa shape index (κ1) is 14.6. The van der Waals surface area contributed by atoms with E-state index in [0.717, 1.165) is 29.0 Å². The molecule has 3 nitrogen and oxygen atoms in total. The Morgan fingerprint density at radius 2 is 2.16 bits per heavy atom. The summed E-state index contributed by atoms with van der Waals surface area (Å²) in [5.74, 6) is -0.303. The van der Waals surface area contributed by atoms with Crippen LogP contribution in [0.4, 0.5) is 0 Å². The lowest BCUT2D eigenvalue weighted by molar-refractivity contribution is -0.125. The van der Waals surface area contributed by atoms with Gasteiger partial charge in [0.1, 0.15) is 0 Å². The Morgan fingerprint density at radius 3 is 2.79 bits per heavy atom. The van der Waals surface area contributed by atoms with Crippen molar-refractivity contribution in [1.29, 1.82) is 0 Å². The zero-order chi connectivity index (χ0) is 14.2. The first-order valence-corrected chi connectivity index (χ1v) is 7.08. The van der Waals surface area contributed by atoms with Gasteiger partial charge in [0.05, 0.1) is 5.41 Å². The number of fused-ring (bicyclic) bond motifs is 1. The SMILES string of the molecule is CC(C)(CN[C@@H]1CCc2c(Cl)cc(Cl)cc21)C(N)=O. The van der Waals surface area contributed by atoms with Crippen molar-refractivity contribution < 1.29 is 4.79 Å². The van der Waals surface area contributed by atoms with Crippen molar-refractivity contribution in [1.82, 2.24) is 5.32 Å². The smallest absolute Gasteiger partial charge is 0.224 e. The fourth-order valence-corrected chi connectivity index (χ4v) is 2.92. The molecule has 0 aromatic heterocycles. The van der Waals surface area contributed by atoms with Crippen LogP contribution in [0.25, 0.3) is 0 Å². The molecule has 1 amide bonds. The van der Waals surface area contributed by atoms with Crippen LogP contribution in [0, 0.1) is 5.41 Å². The van der Waals surface area contributed by atoms with Crippen molar-refractivity contribution in [3.05, 3.63) is 33.3 Å². The summed E-state index contributed by atoms with van der Waals surface area (Å²) in [7, 11) is 0. The van der Waals surface area contributed by atoms with E-state index in [4.69, 9.17) is 28.9 Å². The third kappa shape index (κ3) is 3.04. The maximum Gasteiger partial charge on any atom is 0.224 e. The molecule has 1 aromatic rings. The van der Waals surface area contributed by atoms with Gasteiger partial charge in [0, 0.05) is 22.6 Å². The Morgan fingerprint density at radius 1 is 1.47 bits per heavy atom. The number of nitrogens with two attached hydrogens (primary N) is 1. The van der Waals surface area contributed by atoms with Gasteiger partial charge in [0.15, 0.2) is 0 Å². The quantitative estimate of drug-likeness (QED) is 0.898. The molecule has 3 N–H and O–H groups in total. The minimum absolute atomic E-state index is 0.185. The Labute approximate surface area is 123 Å². The maximum atomic E-state index is 11.3. The average Bonchev–Trinajstić information content (AvgIpc) is 2.69. The Balaban J connectivity index is 2.13. The third-order valence-electron chi connectivity index (χ3n) is 3.71. The van der Waals surface area contributed by atoms with E-state index in [0.29, 0.717) is 11.6 Å². The van der Waals surface area contributed by atoms with Crippen molar-refractivity contribution in [2.75, 3.05) is 6.54 Å². The molecule has 2 rings (SSSR count). The monoisotopic (exact) mass is 300 g/mol. The van der Waals surface area contributed by atoms with Gasteiger partial charge in [-0.25, -0.2) is 0 Å². The topological polar surface area (TPSA) is 55.1 Å². The summed E-state index contributed by atoms with van der Waals surface area (Å²) in [5, 5.41) is 4.76. The second-order valence-corrected chi connectivity index (χ2v) is 6.52. The fraction of sp³-hybridized carbons (Fsp3) is 0.500. The van der Waals surface area contributed by atoms with E-state index in [1.165, 1.54) is 0 Å². The van der Waals surface area contributed by atoms with Gasteiger partial charge < -0.3 is 11.1 Å². The summed E-state index contributed by atoms with van der Waals surface area (Å²) in [6.07, 6.45) is 1.89. The predicted molar refractivity (Wildman–Crippen MR) is 78.5 cm³/mol. The molecule has 1 aromatic carbocycles. The van der Waals surface area contributed by atoms with Gasteiger partial charge in [0.2, 0.25) is 5.91 Å². The zero-order valence-corrected chi connectivity index (χ0v) is 12.6. The number of benzene rings is 1. The minimum atomic E-state index is -0.564. The number of primary amides is 1. The molecule has 104 valence electrons. The highest BCUT2D eigenvalue weighted by Gasteiger charge is 2.29. The Bertz CT molecular complexity index is 514. The van der Waals surface area contributed by atoms with Crippen LogP contribution in [0.5, 0.6) is 0 Å². The molecule has 1 aliphatic rings. The third-order valence-corrected chi connectivity index (χ3v) is 4.27. The Hall–Kier alpha value is -0.770. The summed E-state index contributed by atoms with van der Waals surface area (Å²) in [5.41, 5.74) is 7.10. The second kappa shape index (κ2) is 5.31. The van der Waals surface area contributed by atoms with Gasteiger partial charge >= 0.3 is 0 Å². The lowest BCUT2D eigenvalue weighted by Crippen LogP contribution is -2.41. The number of carbonyl (C=O) groups is 1. The van der Waals surface area contributed by atoms with Gasteiger partial charge in [-0.2, -0.15) is 0 Å². The van der Waals surface area contributed by atoms with Gasteiger partial charge in [-0.1, -0.05) is 23.2 Å². The van der Waals surface area contributed by atoms with Crippen molar-refractivity contribution in [3.8, 4) is 0 Å². The number of hydrogen-bond donors (Lipinski definition) is 2. The van der Waals surface area contributed by atoms with Gasteiger partial charge in [0.25, 0.3) is 0 Å². The molecule has 19 heavy (non-hydrogen) atoms. The summed E-state index contributed by atoms with van der Waals surface area (Å²) in [6, 6.07) is 3.91. The van der Waals surface area contributed by atoms with E-state index >= 15 is 0 Å². The molecule has 5 heteroatoms. The molecule has 1 atom stereocenters. The maximum absolute atomic E-state index is 11.3. The first-order chi connectivity index (χ1) is 8.81. The van der Waals surface area contributed by atoms with E-state index in [1.807, 2.05) is 19.9 Å². The molecule has 0 aliphatic heterocycles. The molecule has 0 radical (unpaired) electrons. The minimum Gasteiger partial charge on any atom is -0.369 e. The Kier molecular flexibility index (Phi) is 4.09. The highest BCUT2D eigenvalue weighted by molar-refractivity contribution is 6.35. The fourth-order valence-electron chi connectivity index (χ4n) is 2.32. The van der Waals surface area contributed by atoms with Crippen molar-refractivity contribution in [2.45, 2.75) is 32.7 Å². The van der Waals surface area contributed by atoms with Crippen LogP contribution in [-0.2, 0) is 11.2 Å². The van der Waals surface area contributed by atoms with Crippen LogP contribution >= 0.6 is 23.2 Å². The molecule has 0 unspecified atom stereocenters. The van der Waals surface area contributed by atoms with Crippen molar-refractivity contribution in [3.63, 3.8) is 0 Å². The lowest BCUT2D eigenvalue weighted by atomic mass is 9.92. The number of hydrogen-bond acceptors (Lipinski definition) is 2. The average molecular weight is 301 g/mol. The van der Waals surface area contributed by atoms with E-state index in [-0.39, 0.29) is 11.9 Å². The largest absolute Gasteiger partial charge is 0.369 e. The highest BCUT2D eigenvalue weighted by Crippen LogP contribution is 2.38. The molecule has 0 heterocycles. The molecule has 0 saturated heterocycles. The molecule has 1 aliphatic carbocycles. The standard InChI is InChI=1S/C14H18Cl2N2O/c1-14(2,13(17)19)7-18-12-4-3-9-10(12)5-8(15)6-11(9)16/h5-6,12,18H,3-4,7H2,1-2H3,(H2,17,19)/t12-/m1/s1. The highest BCUT2D eigenvalue weighted by atomic mass is 35.5. The lowest BCUT2D eigenvalue weighted by Gasteiger charge is -2.24. The zero-order valence-electron chi connectivity index (χ0n) is 11.1. The number of halogens is 2. The molecule has 0 spiro atoms. The predicted octanol–water partition coefficient (Wildman–Crippen LogP) is 3.08. The summed E-state index contributed by atoms with van der Waals surface area (Å²) in [4.78, 5) is 11.3.